The molecule has 4 rings (SSSR count). The first-order chi connectivity index (χ1) is 15.0. The minimum Gasteiger partial charge on any atom is -0.321 e. The molecule has 0 fully saturated rings. The average Bonchev–Trinajstić information content (AvgIpc) is 3.06. The van der Waals surface area contributed by atoms with Gasteiger partial charge in [0.15, 0.2) is 0 Å². The van der Waals surface area contributed by atoms with Crippen molar-refractivity contribution in [2.75, 3.05) is 5.32 Å². The lowest BCUT2D eigenvalue weighted by molar-refractivity contribution is -0.112. The SMILES string of the molecule is Cc1ccccc1NC(=O)/C(C#N)=C\c1cc(C)n(-c2ccc3ccccc3c2)c1C. The van der Waals surface area contributed by atoms with Crippen molar-refractivity contribution in [2.24, 2.45) is 0 Å². The molecular formula is C27H23N3O. The second kappa shape index (κ2) is 8.33. The lowest BCUT2D eigenvalue weighted by Gasteiger charge is -2.11. The van der Waals surface area contributed by atoms with Gasteiger partial charge in [-0.1, -0.05) is 48.5 Å². The molecular weight excluding hydrogens is 382 g/mol. The molecule has 4 aromatic rings. The van der Waals surface area contributed by atoms with Gasteiger partial charge < -0.3 is 9.88 Å². The van der Waals surface area contributed by atoms with Gasteiger partial charge in [0.25, 0.3) is 5.91 Å². The molecule has 3 aromatic carbocycles. The highest BCUT2D eigenvalue weighted by molar-refractivity contribution is 6.10. The number of aromatic nitrogens is 1. The second-order valence-electron chi connectivity index (χ2n) is 7.63. The third kappa shape index (κ3) is 3.99. The molecule has 1 aromatic heterocycles. The van der Waals surface area contributed by atoms with E-state index in [9.17, 15) is 10.1 Å². The van der Waals surface area contributed by atoms with Crippen LogP contribution in [0.4, 0.5) is 5.69 Å². The number of rotatable bonds is 4. The standard InChI is InChI=1S/C27H23N3O/c1-18-8-4-7-11-26(18)29-27(31)24(17-28)15-23-14-19(2)30(20(23)3)25-13-12-21-9-5-6-10-22(21)16-25/h4-16H,1-3H3,(H,29,31)/b24-15-. The predicted molar refractivity (Wildman–Crippen MR) is 126 cm³/mol. The maximum Gasteiger partial charge on any atom is 0.266 e. The fourth-order valence-electron chi connectivity index (χ4n) is 3.85. The molecule has 1 amide bonds. The van der Waals surface area contributed by atoms with Crippen LogP contribution in [0.2, 0.25) is 0 Å². The average molecular weight is 406 g/mol. The highest BCUT2D eigenvalue weighted by Crippen LogP contribution is 2.26. The molecule has 0 spiro atoms. The summed E-state index contributed by atoms with van der Waals surface area (Å²) >= 11 is 0. The van der Waals surface area contributed by atoms with E-state index in [2.05, 4.69) is 40.2 Å². The van der Waals surface area contributed by atoms with Crippen molar-refractivity contribution in [3.05, 3.63) is 101 Å². The number of hydrogen-bond donors (Lipinski definition) is 1. The maximum absolute atomic E-state index is 12.7. The molecule has 1 N–H and O–H groups in total. The van der Waals surface area contributed by atoms with Crippen LogP contribution in [0.1, 0.15) is 22.5 Å². The van der Waals surface area contributed by atoms with Crippen molar-refractivity contribution >= 4 is 28.4 Å². The lowest BCUT2D eigenvalue weighted by Crippen LogP contribution is -2.14. The van der Waals surface area contributed by atoms with Crippen LogP contribution in [-0.2, 0) is 4.79 Å². The van der Waals surface area contributed by atoms with E-state index >= 15 is 0 Å². The maximum atomic E-state index is 12.7. The Balaban J connectivity index is 1.69. The third-order valence-electron chi connectivity index (χ3n) is 5.52. The minimum absolute atomic E-state index is 0.0713. The number of aryl methyl sites for hydroxylation is 2. The van der Waals surface area contributed by atoms with E-state index in [4.69, 9.17) is 0 Å². The van der Waals surface area contributed by atoms with Gasteiger partial charge in [-0.3, -0.25) is 4.79 Å². The Bertz CT molecular complexity index is 1370. The Morgan fingerprint density at radius 3 is 2.39 bits per heavy atom. The number of benzene rings is 3. The van der Waals surface area contributed by atoms with Gasteiger partial charge in [0, 0.05) is 22.8 Å². The van der Waals surface area contributed by atoms with Crippen LogP contribution in [0.5, 0.6) is 0 Å². The summed E-state index contributed by atoms with van der Waals surface area (Å²) in [5, 5.41) is 14.8. The normalized spacial score (nSPS) is 11.4. The van der Waals surface area contributed by atoms with Crippen LogP contribution in [-0.4, -0.2) is 10.5 Å². The van der Waals surface area contributed by atoms with Crippen LogP contribution >= 0.6 is 0 Å². The van der Waals surface area contributed by atoms with Crippen molar-refractivity contribution in [3.63, 3.8) is 0 Å². The van der Waals surface area contributed by atoms with Crippen LogP contribution in [0.25, 0.3) is 22.5 Å². The van der Waals surface area contributed by atoms with Crippen molar-refractivity contribution in [1.82, 2.24) is 4.57 Å². The second-order valence-corrected chi connectivity index (χ2v) is 7.63. The molecule has 0 aliphatic carbocycles. The van der Waals surface area contributed by atoms with Gasteiger partial charge in [-0.15, -0.1) is 0 Å². The van der Waals surface area contributed by atoms with Crippen molar-refractivity contribution in [1.29, 1.82) is 5.26 Å². The number of carbonyl (C=O) groups is 1. The number of nitrogens with one attached hydrogen (secondary N) is 1. The van der Waals surface area contributed by atoms with Gasteiger partial charge in [-0.2, -0.15) is 5.26 Å². The summed E-state index contributed by atoms with van der Waals surface area (Å²) in [6.45, 7) is 5.95. The van der Waals surface area contributed by atoms with E-state index in [-0.39, 0.29) is 5.57 Å². The molecule has 0 aliphatic rings. The van der Waals surface area contributed by atoms with E-state index in [1.807, 2.05) is 69.3 Å². The predicted octanol–water partition coefficient (Wildman–Crippen LogP) is 6.10. The fourth-order valence-corrected chi connectivity index (χ4v) is 3.85. The molecule has 152 valence electrons. The van der Waals surface area contributed by atoms with Crippen LogP contribution in [0.3, 0.4) is 0 Å². The van der Waals surface area contributed by atoms with Crippen molar-refractivity contribution < 1.29 is 4.79 Å². The number of nitrogens with zero attached hydrogens (tertiary/aromatic N) is 2. The van der Waals surface area contributed by atoms with Gasteiger partial charge >= 0.3 is 0 Å². The Hall–Kier alpha value is -4.10. The molecule has 0 saturated heterocycles. The van der Waals surface area contributed by atoms with Crippen molar-refractivity contribution in [3.8, 4) is 11.8 Å². The summed E-state index contributed by atoms with van der Waals surface area (Å²) in [6.07, 6.45) is 1.66. The first kappa shape index (κ1) is 20.2. The summed E-state index contributed by atoms with van der Waals surface area (Å²) in [4.78, 5) is 12.7. The molecule has 1 heterocycles. The van der Waals surface area contributed by atoms with E-state index < -0.39 is 5.91 Å². The molecule has 0 radical (unpaired) electrons. The number of amides is 1. The third-order valence-corrected chi connectivity index (χ3v) is 5.52. The molecule has 4 nitrogen and oxygen atoms in total. The van der Waals surface area contributed by atoms with E-state index in [0.29, 0.717) is 5.69 Å². The Morgan fingerprint density at radius 1 is 0.935 bits per heavy atom. The van der Waals surface area contributed by atoms with Gasteiger partial charge in [-0.05, 0) is 73.0 Å². The largest absolute Gasteiger partial charge is 0.321 e. The Morgan fingerprint density at radius 2 is 1.65 bits per heavy atom. The topological polar surface area (TPSA) is 57.8 Å². The van der Waals surface area contributed by atoms with E-state index in [1.54, 1.807) is 6.08 Å². The van der Waals surface area contributed by atoms with Crippen LogP contribution < -0.4 is 5.32 Å². The fraction of sp³-hybridized carbons (Fsp3) is 0.111. The van der Waals surface area contributed by atoms with Gasteiger partial charge in [0.1, 0.15) is 11.6 Å². The number of hydrogen-bond acceptors (Lipinski definition) is 2. The summed E-state index contributed by atoms with van der Waals surface area (Å²) in [5.74, 6) is -0.410. The molecule has 0 unspecified atom stereocenters. The number of fused-ring (bicyclic) bond motifs is 1. The molecule has 0 bridgehead atoms. The number of para-hydroxylation sites is 1. The first-order valence-electron chi connectivity index (χ1n) is 10.1. The quantitative estimate of drug-likeness (QED) is 0.329. The Kier molecular flexibility index (Phi) is 5.43. The van der Waals surface area contributed by atoms with Crippen molar-refractivity contribution in [2.45, 2.75) is 20.8 Å². The first-order valence-corrected chi connectivity index (χ1v) is 10.1. The summed E-state index contributed by atoms with van der Waals surface area (Å²) in [5.41, 5.74) is 5.64. The Labute approximate surface area is 182 Å². The summed E-state index contributed by atoms with van der Waals surface area (Å²) in [6, 6.07) is 26.2. The van der Waals surface area contributed by atoms with Gasteiger partial charge in [0.05, 0.1) is 0 Å². The summed E-state index contributed by atoms with van der Waals surface area (Å²) < 4.78 is 2.15. The molecule has 0 atom stereocenters. The zero-order valence-corrected chi connectivity index (χ0v) is 17.8. The number of nitriles is 1. The van der Waals surface area contributed by atoms with Crippen LogP contribution in [0, 0.1) is 32.1 Å². The lowest BCUT2D eigenvalue weighted by atomic mass is 10.1. The molecule has 0 saturated carbocycles. The van der Waals surface area contributed by atoms with E-state index in [0.717, 1.165) is 28.2 Å². The van der Waals surface area contributed by atoms with Gasteiger partial charge in [-0.25, -0.2) is 0 Å². The number of carbonyl (C=O) groups excluding carboxylic acids is 1. The smallest absolute Gasteiger partial charge is 0.266 e. The number of anilines is 1. The zero-order chi connectivity index (χ0) is 22.0. The summed E-state index contributed by atoms with van der Waals surface area (Å²) in [7, 11) is 0. The highest BCUT2D eigenvalue weighted by atomic mass is 16.1. The monoisotopic (exact) mass is 405 g/mol. The van der Waals surface area contributed by atoms with Gasteiger partial charge in [0.2, 0.25) is 0 Å². The van der Waals surface area contributed by atoms with Crippen LogP contribution in [0.15, 0.2) is 78.4 Å². The molecule has 4 heteroatoms. The zero-order valence-electron chi connectivity index (χ0n) is 17.8. The minimum atomic E-state index is -0.410. The molecule has 0 aliphatic heterocycles. The molecule has 31 heavy (non-hydrogen) atoms. The van der Waals surface area contributed by atoms with E-state index in [1.165, 1.54) is 10.8 Å². The highest BCUT2D eigenvalue weighted by Gasteiger charge is 2.15.